The number of thiazole rings is 1. The normalized spacial score (nSPS) is 11.1. The van der Waals surface area contributed by atoms with Crippen LogP contribution in [0.15, 0.2) is 28.1 Å². The molecule has 2 aromatic rings. The molecule has 0 amide bonds. The second-order valence-corrected chi connectivity index (χ2v) is 6.82. The van der Waals surface area contributed by atoms with E-state index in [0.717, 1.165) is 33.0 Å². The first-order valence-corrected chi connectivity index (χ1v) is 8.27. The average molecular weight is 355 g/mol. The van der Waals surface area contributed by atoms with Crippen molar-refractivity contribution in [1.29, 1.82) is 0 Å². The van der Waals surface area contributed by atoms with Gasteiger partial charge < -0.3 is 10.1 Å². The first-order chi connectivity index (χ1) is 9.54. The Balaban J connectivity index is 2.05. The number of ether oxygens (including phenoxy) is 1. The molecule has 108 valence electrons. The fraction of sp³-hybridized carbons (Fsp3) is 0.400. The van der Waals surface area contributed by atoms with E-state index in [2.05, 4.69) is 46.1 Å². The van der Waals surface area contributed by atoms with E-state index in [9.17, 15) is 0 Å². The Kier molecular flexibility index (Phi) is 5.57. The minimum Gasteiger partial charge on any atom is -0.486 e. The molecule has 0 atom stereocenters. The zero-order valence-corrected chi connectivity index (χ0v) is 14.3. The summed E-state index contributed by atoms with van der Waals surface area (Å²) in [5.74, 6) is 0.911. The van der Waals surface area contributed by atoms with Gasteiger partial charge in [-0.05, 0) is 25.1 Å². The van der Waals surface area contributed by atoms with Crippen LogP contribution in [0.3, 0.4) is 0 Å². The number of nitrogens with zero attached hydrogens (tertiary/aromatic N) is 1. The maximum Gasteiger partial charge on any atom is 0.140 e. The molecule has 0 saturated heterocycles. The number of nitrogens with one attached hydrogen (secondary N) is 1. The highest BCUT2D eigenvalue weighted by Gasteiger charge is 2.07. The lowest BCUT2D eigenvalue weighted by Gasteiger charge is -2.13. The number of hydrogen-bond acceptors (Lipinski definition) is 4. The molecule has 0 fully saturated rings. The van der Waals surface area contributed by atoms with Crippen LogP contribution < -0.4 is 10.1 Å². The quantitative estimate of drug-likeness (QED) is 0.839. The van der Waals surface area contributed by atoms with Gasteiger partial charge in [-0.25, -0.2) is 4.98 Å². The van der Waals surface area contributed by atoms with Crippen molar-refractivity contribution in [2.24, 2.45) is 0 Å². The summed E-state index contributed by atoms with van der Waals surface area (Å²) in [7, 11) is 0. The van der Waals surface area contributed by atoms with Crippen LogP contribution in [-0.4, -0.2) is 11.0 Å². The summed E-state index contributed by atoms with van der Waals surface area (Å²) >= 11 is 5.14. The van der Waals surface area contributed by atoms with Gasteiger partial charge in [0.05, 0.1) is 0 Å². The summed E-state index contributed by atoms with van der Waals surface area (Å²) in [6.07, 6.45) is 0. The zero-order chi connectivity index (χ0) is 14.5. The third kappa shape index (κ3) is 4.58. The summed E-state index contributed by atoms with van der Waals surface area (Å²) in [6.45, 7) is 7.59. The highest BCUT2D eigenvalue weighted by molar-refractivity contribution is 9.10. The molecule has 0 bridgehead atoms. The first kappa shape index (κ1) is 15.5. The van der Waals surface area contributed by atoms with Gasteiger partial charge in [-0.3, -0.25) is 0 Å². The van der Waals surface area contributed by atoms with E-state index >= 15 is 0 Å². The van der Waals surface area contributed by atoms with Crippen molar-refractivity contribution in [2.75, 3.05) is 0 Å². The standard InChI is InChI=1S/C15H19BrN2OS/c1-10(2)17-7-12-6-13(16)4-5-14(12)19-8-15-18-11(3)9-20-15/h4-6,9-10,17H,7-8H2,1-3H3. The monoisotopic (exact) mass is 354 g/mol. The van der Waals surface area contributed by atoms with E-state index in [0.29, 0.717) is 12.6 Å². The van der Waals surface area contributed by atoms with E-state index in [-0.39, 0.29) is 0 Å². The van der Waals surface area contributed by atoms with Crippen molar-refractivity contribution in [3.8, 4) is 5.75 Å². The lowest BCUT2D eigenvalue weighted by Crippen LogP contribution is -2.22. The maximum atomic E-state index is 5.91. The van der Waals surface area contributed by atoms with Crippen molar-refractivity contribution >= 4 is 27.3 Å². The summed E-state index contributed by atoms with van der Waals surface area (Å²) in [4.78, 5) is 4.42. The second-order valence-electron chi connectivity index (χ2n) is 4.96. The zero-order valence-electron chi connectivity index (χ0n) is 11.9. The molecule has 0 spiro atoms. The van der Waals surface area contributed by atoms with Gasteiger partial charge in [0.15, 0.2) is 0 Å². The fourth-order valence-corrected chi connectivity index (χ4v) is 2.84. The van der Waals surface area contributed by atoms with Crippen LogP contribution in [0.25, 0.3) is 0 Å². The number of rotatable bonds is 6. The first-order valence-electron chi connectivity index (χ1n) is 6.60. The lowest BCUT2D eigenvalue weighted by molar-refractivity contribution is 0.301. The molecule has 5 heteroatoms. The van der Waals surface area contributed by atoms with E-state index in [1.54, 1.807) is 11.3 Å². The van der Waals surface area contributed by atoms with Gasteiger partial charge in [0.25, 0.3) is 0 Å². The van der Waals surface area contributed by atoms with Crippen molar-refractivity contribution in [3.05, 3.63) is 44.3 Å². The SMILES string of the molecule is Cc1csc(COc2ccc(Br)cc2CNC(C)C)n1. The molecule has 1 heterocycles. The summed E-state index contributed by atoms with van der Waals surface area (Å²) in [5, 5.41) is 6.47. The molecule has 0 aliphatic heterocycles. The van der Waals surface area contributed by atoms with Crippen LogP contribution in [0.4, 0.5) is 0 Å². The smallest absolute Gasteiger partial charge is 0.140 e. The number of halogens is 1. The Morgan fingerprint density at radius 3 is 2.85 bits per heavy atom. The van der Waals surface area contributed by atoms with Gasteiger partial charge in [0, 0.05) is 33.7 Å². The van der Waals surface area contributed by atoms with Gasteiger partial charge >= 0.3 is 0 Å². The predicted molar refractivity (Wildman–Crippen MR) is 87.3 cm³/mol. The van der Waals surface area contributed by atoms with Crippen LogP contribution in [-0.2, 0) is 13.2 Å². The Morgan fingerprint density at radius 2 is 2.20 bits per heavy atom. The maximum absolute atomic E-state index is 5.91. The van der Waals surface area contributed by atoms with E-state index < -0.39 is 0 Å². The minimum atomic E-state index is 0.448. The molecular formula is C15H19BrN2OS. The Bertz CT molecular complexity index is 569. The van der Waals surface area contributed by atoms with E-state index in [4.69, 9.17) is 4.74 Å². The second kappa shape index (κ2) is 7.20. The third-order valence-corrected chi connectivity index (χ3v) is 4.17. The average Bonchev–Trinajstić information content (AvgIpc) is 2.81. The Hall–Kier alpha value is -0.910. The molecule has 1 N–H and O–H groups in total. The molecule has 0 aliphatic rings. The Labute approximate surface area is 132 Å². The van der Waals surface area contributed by atoms with Gasteiger partial charge in [0.2, 0.25) is 0 Å². The number of aryl methyl sites for hydroxylation is 1. The van der Waals surface area contributed by atoms with Crippen LogP contribution in [0.5, 0.6) is 5.75 Å². The third-order valence-electron chi connectivity index (χ3n) is 2.74. The van der Waals surface area contributed by atoms with Crippen molar-refractivity contribution in [1.82, 2.24) is 10.3 Å². The molecule has 1 aromatic carbocycles. The largest absolute Gasteiger partial charge is 0.486 e. The Morgan fingerprint density at radius 1 is 1.40 bits per heavy atom. The van der Waals surface area contributed by atoms with Crippen LogP contribution in [0, 0.1) is 6.92 Å². The molecule has 1 aromatic heterocycles. The van der Waals surface area contributed by atoms with E-state index in [1.165, 1.54) is 0 Å². The molecule has 0 unspecified atom stereocenters. The summed E-state index contributed by atoms with van der Waals surface area (Å²) in [6, 6.07) is 6.55. The van der Waals surface area contributed by atoms with Gasteiger partial charge in [-0.1, -0.05) is 29.8 Å². The molecule has 0 saturated carbocycles. The number of aromatic nitrogens is 1. The molecule has 3 nitrogen and oxygen atoms in total. The van der Waals surface area contributed by atoms with Crippen LogP contribution in [0.2, 0.25) is 0 Å². The minimum absolute atomic E-state index is 0.448. The summed E-state index contributed by atoms with van der Waals surface area (Å²) in [5.41, 5.74) is 2.20. The number of benzene rings is 1. The van der Waals surface area contributed by atoms with E-state index in [1.807, 2.05) is 24.4 Å². The van der Waals surface area contributed by atoms with Crippen molar-refractivity contribution in [3.63, 3.8) is 0 Å². The van der Waals surface area contributed by atoms with Gasteiger partial charge in [0.1, 0.15) is 17.4 Å². The topological polar surface area (TPSA) is 34.1 Å². The molecule has 20 heavy (non-hydrogen) atoms. The molecular weight excluding hydrogens is 336 g/mol. The fourth-order valence-electron chi connectivity index (χ4n) is 1.75. The van der Waals surface area contributed by atoms with Crippen molar-refractivity contribution in [2.45, 2.75) is 40.0 Å². The summed E-state index contributed by atoms with van der Waals surface area (Å²) < 4.78 is 6.98. The van der Waals surface area contributed by atoms with Crippen molar-refractivity contribution < 1.29 is 4.74 Å². The predicted octanol–water partition coefficient (Wildman–Crippen LogP) is 4.29. The van der Waals surface area contributed by atoms with Crippen LogP contribution in [0.1, 0.15) is 30.1 Å². The highest BCUT2D eigenvalue weighted by atomic mass is 79.9. The lowest BCUT2D eigenvalue weighted by atomic mass is 10.2. The van der Waals surface area contributed by atoms with Gasteiger partial charge in [-0.2, -0.15) is 0 Å². The molecule has 0 aliphatic carbocycles. The van der Waals surface area contributed by atoms with Crippen LogP contribution >= 0.6 is 27.3 Å². The molecule has 2 rings (SSSR count). The van der Waals surface area contributed by atoms with Gasteiger partial charge in [-0.15, -0.1) is 11.3 Å². The highest BCUT2D eigenvalue weighted by Crippen LogP contribution is 2.24. The number of hydrogen-bond donors (Lipinski definition) is 1. The molecule has 0 radical (unpaired) electrons.